The minimum absolute atomic E-state index is 0.805. The van der Waals surface area contributed by atoms with E-state index in [0.717, 1.165) is 32.8 Å². The first kappa shape index (κ1) is 15.6. The molecule has 0 bridgehead atoms. The molecule has 0 radical (unpaired) electrons. The van der Waals surface area contributed by atoms with Gasteiger partial charge in [0.25, 0.3) is 0 Å². The quantitative estimate of drug-likeness (QED) is 0.626. The monoisotopic (exact) mass is 270 g/mol. The molecule has 0 aliphatic carbocycles. The molecule has 0 atom stereocenters. The van der Waals surface area contributed by atoms with Crippen LogP contribution < -0.4 is 5.32 Å². The van der Waals surface area contributed by atoms with Gasteiger partial charge in [0.15, 0.2) is 0 Å². The first-order valence-electron chi connectivity index (χ1n) is 6.81. The third kappa shape index (κ3) is 7.11. The molecule has 0 aromatic carbocycles. The van der Waals surface area contributed by atoms with E-state index in [-0.39, 0.29) is 0 Å². The lowest BCUT2D eigenvalue weighted by Gasteiger charge is -2.19. The van der Waals surface area contributed by atoms with Gasteiger partial charge in [0, 0.05) is 25.1 Å². The molecule has 4 heteroatoms. The summed E-state index contributed by atoms with van der Waals surface area (Å²) in [5, 5.41) is 5.54. The Bertz CT molecular complexity index is 277. The fraction of sp³-hybridized carbons (Fsp3) is 0.714. The lowest BCUT2D eigenvalue weighted by molar-refractivity contribution is 0.199. The van der Waals surface area contributed by atoms with Crippen LogP contribution in [-0.4, -0.2) is 44.8 Å². The van der Waals surface area contributed by atoms with Crippen molar-refractivity contribution in [3.63, 3.8) is 0 Å². The van der Waals surface area contributed by atoms with Gasteiger partial charge in [0.1, 0.15) is 0 Å². The molecule has 1 rings (SSSR count). The van der Waals surface area contributed by atoms with Gasteiger partial charge in [-0.25, -0.2) is 0 Å². The largest absolute Gasteiger partial charge is 0.383 e. The molecule has 1 heterocycles. The predicted molar refractivity (Wildman–Crippen MR) is 79.2 cm³/mol. The third-order valence-electron chi connectivity index (χ3n) is 2.97. The van der Waals surface area contributed by atoms with Crippen molar-refractivity contribution < 1.29 is 4.74 Å². The molecular weight excluding hydrogens is 244 g/mol. The van der Waals surface area contributed by atoms with E-state index >= 15 is 0 Å². The number of nitrogens with zero attached hydrogens (tertiary/aromatic N) is 1. The van der Waals surface area contributed by atoms with Gasteiger partial charge in [-0.1, -0.05) is 13.0 Å². The van der Waals surface area contributed by atoms with E-state index in [9.17, 15) is 0 Å². The number of hydrogen-bond acceptors (Lipinski definition) is 4. The third-order valence-corrected chi connectivity index (χ3v) is 3.83. The fourth-order valence-corrected chi connectivity index (χ4v) is 2.60. The lowest BCUT2D eigenvalue weighted by atomic mass is 10.2. The van der Waals surface area contributed by atoms with Crippen molar-refractivity contribution in [1.82, 2.24) is 10.2 Å². The highest BCUT2D eigenvalue weighted by atomic mass is 32.1. The average Bonchev–Trinajstić information content (AvgIpc) is 2.89. The maximum atomic E-state index is 4.99. The van der Waals surface area contributed by atoms with Crippen molar-refractivity contribution in [1.29, 1.82) is 0 Å². The summed E-state index contributed by atoms with van der Waals surface area (Å²) in [6, 6.07) is 4.35. The summed E-state index contributed by atoms with van der Waals surface area (Å²) in [7, 11) is 1.74. The number of thiophene rings is 1. The van der Waals surface area contributed by atoms with Crippen LogP contribution in [0, 0.1) is 0 Å². The Hall–Kier alpha value is -0.420. The van der Waals surface area contributed by atoms with E-state index in [1.54, 1.807) is 7.11 Å². The zero-order valence-electron chi connectivity index (χ0n) is 11.7. The maximum Gasteiger partial charge on any atom is 0.0587 e. The zero-order valence-corrected chi connectivity index (χ0v) is 12.5. The Morgan fingerprint density at radius 3 is 2.89 bits per heavy atom. The molecule has 0 aliphatic heterocycles. The van der Waals surface area contributed by atoms with Crippen LogP contribution in [0.5, 0.6) is 0 Å². The van der Waals surface area contributed by atoms with Gasteiger partial charge >= 0.3 is 0 Å². The average molecular weight is 270 g/mol. The molecule has 1 aromatic rings. The summed E-state index contributed by atoms with van der Waals surface area (Å²) < 4.78 is 4.99. The van der Waals surface area contributed by atoms with E-state index in [4.69, 9.17) is 4.74 Å². The van der Waals surface area contributed by atoms with Crippen LogP contribution in [0.15, 0.2) is 17.5 Å². The van der Waals surface area contributed by atoms with Gasteiger partial charge in [-0.3, -0.25) is 4.90 Å². The Kier molecular flexibility index (Phi) is 9.12. The van der Waals surface area contributed by atoms with Crippen LogP contribution in [0.2, 0.25) is 0 Å². The normalized spacial score (nSPS) is 11.3. The Morgan fingerprint density at radius 2 is 2.22 bits per heavy atom. The van der Waals surface area contributed by atoms with Crippen molar-refractivity contribution in [2.24, 2.45) is 0 Å². The van der Waals surface area contributed by atoms with E-state index in [1.807, 2.05) is 11.3 Å². The SMILES string of the molecule is CCN(CCCCNCCOC)Cc1cccs1. The van der Waals surface area contributed by atoms with Gasteiger partial charge in [0.05, 0.1) is 6.61 Å². The molecule has 0 amide bonds. The van der Waals surface area contributed by atoms with Crippen molar-refractivity contribution in [2.75, 3.05) is 39.9 Å². The molecule has 0 saturated heterocycles. The van der Waals surface area contributed by atoms with Crippen molar-refractivity contribution in [2.45, 2.75) is 26.3 Å². The Morgan fingerprint density at radius 1 is 1.33 bits per heavy atom. The summed E-state index contributed by atoms with van der Waals surface area (Å²) in [6.07, 6.45) is 2.50. The number of methoxy groups -OCH3 is 1. The molecule has 104 valence electrons. The molecule has 0 unspecified atom stereocenters. The molecule has 0 spiro atoms. The molecule has 18 heavy (non-hydrogen) atoms. The molecule has 3 nitrogen and oxygen atoms in total. The van der Waals surface area contributed by atoms with Crippen LogP contribution >= 0.6 is 11.3 Å². The summed E-state index contributed by atoms with van der Waals surface area (Å²) in [4.78, 5) is 3.98. The Labute approximate surface area is 115 Å². The standard InChI is InChI=1S/C14H26N2OS/c1-3-16(13-14-7-6-12-18-14)10-5-4-8-15-9-11-17-2/h6-7,12,15H,3-5,8-11,13H2,1-2H3. The van der Waals surface area contributed by atoms with Crippen molar-refractivity contribution >= 4 is 11.3 Å². The molecule has 0 aliphatic rings. The van der Waals surface area contributed by atoms with Gasteiger partial charge in [-0.15, -0.1) is 11.3 Å². The second kappa shape index (κ2) is 10.5. The number of ether oxygens (including phenoxy) is 1. The minimum Gasteiger partial charge on any atom is -0.383 e. The first-order valence-corrected chi connectivity index (χ1v) is 7.69. The highest BCUT2D eigenvalue weighted by molar-refractivity contribution is 7.09. The minimum atomic E-state index is 0.805. The van der Waals surface area contributed by atoms with Crippen molar-refractivity contribution in [3.8, 4) is 0 Å². The van der Waals surface area contributed by atoms with Gasteiger partial charge < -0.3 is 10.1 Å². The van der Waals surface area contributed by atoms with Crippen LogP contribution in [0.25, 0.3) is 0 Å². The number of rotatable bonds is 11. The van der Waals surface area contributed by atoms with Gasteiger partial charge in [-0.2, -0.15) is 0 Å². The molecule has 0 saturated carbocycles. The van der Waals surface area contributed by atoms with E-state index in [2.05, 4.69) is 34.7 Å². The van der Waals surface area contributed by atoms with Crippen LogP contribution in [0.1, 0.15) is 24.6 Å². The maximum absolute atomic E-state index is 4.99. The summed E-state index contributed by atoms with van der Waals surface area (Å²) in [5.41, 5.74) is 0. The highest BCUT2D eigenvalue weighted by Gasteiger charge is 2.03. The second-order valence-electron chi connectivity index (χ2n) is 4.40. The first-order chi connectivity index (χ1) is 8.86. The molecule has 1 aromatic heterocycles. The van der Waals surface area contributed by atoms with Gasteiger partial charge in [0.2, 0.25) is 0 Å². The summed E-state index contributed by atoms with van der Waals surface area (Å²) >= 11 is 1.85. The van der Waals surface area contributed by atoms with Crippen LogP contribution in [0.4, 0.5) is 0 Å². The Balaban J connectivity index is 2.01. The van der Waals surface area contributed by atoms with E-state index in [1.165, 1.54) is 24.3 Å². The van der Waals surface area contributed by atoms with Crippen LogP contribution in [0.3, 0.4) is 0 Å². The second-order valence-corrected chi connectivity index (χ2v) is 5.43. The molecular formula is C14H26N2OS. The molecule has 0 fully saturated rings. The predicted octanol–water partition coefficient (Wildman–Crippen LogP) is 2.59. The topological polar surface area (TPSA) is 24.5 Å². The number of unbranched alkanes of at least 4 members (excludes halogenated alkanes) is 1. The lowest BCUT2D eigenvalue weighted by Crippen LogP contribution is -2.25. The highest BCUT2D eigenvalue weighted by Crippen LogP contribution is 2.11. The van der Waals surface area contributed by atoms with E-state index in [0.29, 0.717) is 0 Å². The van der Waals surface area contributed by atoms with Crippen LogP contribution in [-0.2, 0) is 11.3 Å². The fourth-order valence-electron chi connectivity index (χ4n) is 1.86. The number of hydrogen-bond donors (Lipinski definition) is 1. The smallest absolute Gasteiger partial charge is 0.0587 e. The van der Waals surface area contributed by atoms with E-state index < -0.39 is 0 Å². The summed E-state index contributed by atoms with van der Waals surface area (Å²) in [5.74, 6) is 0. The number of nitrogens with one attached hydrogen (secondary N) is 1. The zero-order chi connectivity index (χ0) is 13.1. The summed E-state index contributed by atoms with van der Waals surface area (Å²) in [6.45, 7) is 8.54. The van der Waals surface area contributed by atoms with Gasteiger partial charge in [-0.05, 0) is 43.9 Å². The molecule has 1 N–H and O–H groups in total. The van der Waals surface area contributed by atoms with Crippen molar-refractivity contribution in [3.05, 3.63) is 22.4 Å².